The third-order valence-electron chi connectivity index (χ3n) is 4.29. The molecule has 0 aromatic carbocycles. The van der Waals surface area contributed by atoms with Crippen LogP contribution in [-0.4, -0.2) is 18.1 Å². The number of pyridine rings is 1. The molecule has 0 amide bonds. The number of aromatic nitrogens is 1. The lowest BCUT2D eigenvalue weighted by atomic mass is 9.85. The average Bonchev–Trinajstić information content (AvgIpc) is 2.40. The topological polar surface area (TPSA) is 16.1 Å². The first-order chi connectivity index (χ1) is 8.72. The molecular formula is C16H26N2. The third-order valence-corrected chi connectivity index (χ3v) is 4.29. The Morgan fingerprint density at radius 3 is 2.67 bits per heavy atom. The van der Waals surface area contributed by atoms with Gasteiger partial charge in [0.25, 0.3) is 0 Å². The molecule has 0 N–H and O–H groups in total. The number of hydrogen-bond donors (Lipinski definition) is 0. The lowest BCUT2D eigenvalue weighted by molar-refractivity contribution is 0.321. The Kier molecular flexibility index (Phi) is 4.62. The van der Waals surface area contributed by atoms with Gasteiger partial charge in [-0.15, -0.1) is 0 Å². The van der Waals surface area contributed by atoms with Crippen molar-refractivity contribution in [3.8, 4) is 0 Å². The number of rotatable bonds is 4. The number of hydrogen-bond acceptors (Lipinski definition) is 2. The quantitative estimate of drug-likeness (QED) is 0.796. The highest BCUT2D eigenvalue weighted by molar-refractivity contribution is 5.45. The summed E-state index contributed by atoms with van der Waals surface area (Å²) in [6, 6.07) is 5.11. The molecule has 0 bridgehead atoms. The van der Waals surface area contributed by atoms with Crippen LogP contribution in [0.3, 0.4) is 0 Å². The van der Waals surface area contributed by atoms with Crippen LogP contribution < -0.4 is 4.90 Å². The fourth-order valence-corrected chi connectivity index (χ4v) is 3.09. The molecule has 1 fully saturated rings. The molecule has 1 aromatic rings. The number of nitrogens with zero attached hydrogens (tertiary/aromatic N) is 2. The van der Waals surface area contributed by atoms with Crippen molar-refractivity contribution in [3.05, 3.63) is 24.0 Å². The Balaban J connectivity index is 2.05. The molecule has 2 nitrogen and oxygen atoms in total. The van der Waals surface area contributed by atoms with E-state index < -0.39 is 0 Å². The van der Waals surface area contributed by atoms with Gasteiger partial charge in [-0.25, -0.2) is 0 Å². The van der Waals surface area contributed by atoms with Gasteiger partial charge in [-0.05, 0) is 37.3 Å². The zero-order valence-electron chi connectivity index (χ0n) is 12.0. The van der Waals surface area contributed by atoms with Gasteiger partial charge in [-0.1, -0.05) is 33.1 Å². The zero-order chi connectivity index (χ0) is 13.0. The standard InChI is InChI=1S/C16H26N2/c1-4-7-14-10-11-15(12-17-14)18(3)16-9-6-5-8-13(16)2/h10-13,16H,4-9H2,1-3H3. The Morgan fingerprint density at radius 1 is 1.28 bits per heavy atom. The molecule has 0 spiro atoms. The monoisotopic (exact) mass is 246 g/mol. The van der Waals surface area contributed by atoms with Crippen LogP contribution in [0.5, 0.6) is 0 Å². The van der Waals surface area contributed by atoms with Crippen molar-refractivity contribution >= 4 is 5.69 Å². The Bertz CT molecular complexity index is 358. The van der Waals surface area contributed by atoms with E-state index in [0.29, 0.717) is 6.04 Å². The van der Waals surface area contributed by atoms with E-state index in [1.165, 1.54) is 43.5 Å². The van der Waals surface area contributed by atoms with Gasteiger partial charge in [0.1, 0.15) is 0 Å². The van der Waals surface area contributed by atoms with Crippen LogP contribution in [0.2, 0.25) is 0 Å². The summed E-state index contributed by atoms with van der Waals surface area (Å²) in [5.41, 5.74) is 2.49. The Hall–Kier alpha value is -1.05. The summed E-state index contributed by atoms with van der Waals surface area (Å²) < 4.78 is 0. The molecule has 2 unspecified atom stereocenters. The molecule has 1 saturated carbocycles. The van der Waals surface area contributed by atoms with Crippen LogP contribution in [0, 0.1) is 5.92 Å². The van der Waals surface area contributed by atoms with Crippen LogP contribution in [0.15, 0.2) is 18.3 Å². The molecule has 100 valence electrons. The first-order valence-electron chi connectivity index (χ1n) is 7.40. The summed E-state index contributed by atoms with van der Waals surface area (Å²) in [4.78, 5) is 7.00. The first kappa shape index (κ1) is 13.4. The number of anilines is 1. The lowest BCUT2D eigenvalue weighted by Gasteiger charge is -2.37. The van der Waals surface area contributed by atoms with Crippen molar-refractivity contribution in [2.45, 2.75) is 58.4 Å². The van der Waals surface area contributed by atoms with Gasteiger partial charge in [-0.2, -0.15) is 0 Å². The molecule has 2 heteroatoms. The lowest BCUT2D eigenvalue weighted by Crippen LogP contribution is -2.39. The maximum Gasteiger partial charge on any atom is 0.0552 e. The molecule has 1 aliphatic carbocycles. The molecule has 0 radical (unpaired) electrons. The maximum absolute atomic E-state index is 4.57. The fraction of sp³-hybridized carbons (Fsp3) is 0.688. The van der Waals surface area contributed by atoms with Crippen LogP contribution in [0.1, 0.15) is 51.6 Å². The van der Waals surface area contributed by atoms with Gasteiger partial charge in [0.05, 0.1) is 11.9 Å². The smallest absolute Gasteiger partial charge is 0.0552 e. The van der Waals surface area contributed by atoms with E-state index in [1.54, 1.807) is 0 Å². The third kappa shape index (κ3) is 3.04. The van der Waals surface area contributed by atoms with E-state index in [4.69, 9.17) is 0 Å². The first-order valence-corrected chi connectivity index (χ1v) is 7.40. The van der Waals surface area contributed by atoms with Gasteiger partial charge in [-0.3, -0.25) is 4.98 Å². The Morgan fingerprint density at radius 2 is 2.06 bits per heavy atom. The summed E-state index contributed by atoms with van der Waals surface area (Å²) in [6.07, 6.45) is 9.78. The van der Waals surface area contributed by atoms with E-state index in [2.05, 4.69) is 42.9 Å². The van der Waals surface area contributed by atoms with Crippen LogP contribution >= 0.6 is 0 Å². The highest BCUT2D eigenvalue weighted by atomic mass is 15.1. The normalized spacial score (nSPS) is 23.9. The SMILES string of the molecule is CCCc1ccc(N(C)C2CCCCC2C)cn1. The molecule has 18 heavy (non-hydrogen) atoms. The predicted octanol–water partition coefficient (Wildman–Crippen LogP) is 4.05. The highest BCUT2D eigenvalue weighted by Crippen LogP contribution is 2.30. The van der Waals surface area contributed by atoms with Gasteiger partial charge < -0.3 is 4.90 Å². The number of aryl methyl sites for hydroxylation is 1. The van der Waals surface area contributed by atoms with Crippen molar-refractivity contribution < 1.29 is 0 Å². The van der Waals surface area contributed by atoms with Crippen molar-refractivity contribution in [1.82, 2.24) is 4.98 Å². The summed E-state index contributed by atoms with van der Waals surface area (Å²) >= 11 is 0. The van der Waals surface area contributed by atoms with Gasteiger partial charge in [0.2, 0.25) is 0 Å². The van der Waals surface area contributed by atoms with Gasteiger partial charge in [0.15, 0.2) is 0 Å². The van der Waals surface area contributed by atoms with Crippen molar-refractivity contribution in [2.24, 2.45) is 5.92 Å². The molecule has 1 aliphatic rings. The molecule has 2 atom stereocenters. The van der Waals surface area contributed by atoms with Crippen LogP contribution in [0.25, 0.3) is 0 Å². The molecule has 1 heterocycles. The zero-order valence-corrected chi connectivity index (χ0v) is 12.0. The highest BCUT2D eigenvalue weighted by Gasteiger charge is 2.25. The molecule has 1 aromatic heterocycles. The largest absolute Gasteiger partial charge is 0.370 e. The maximum atomic E-state index is 4.57. The van der Waals surface area contributed by atoms with Gasteiger partial charge >= 0.3 is 0 Å². The minimum atomic E-state index is 0.692. The van der Waals surface area contributed by atoms with Crippen molar-refractivity contribution in [3.63, 3.8) is 0 Å². The average molecular weight is 246 g/mol. The van der Waals surface area contributed by atoms with E-state index in [0.717, 1.165) is 12.3 Å². The second kappa shape index (κ2) is 6.21. The van der Waals surface area contributed by atoms with E-state index >= 15 is 0 Å². The molecule has 0 aliphatic heterocycles. The predicted molar refractivity (Wildman–Crippen MR) is 78.1 cm³/mol. The Labute approximate surface area is 111 Å². The summed E-state index contributed by atoms with van der Waals surface area (Å²) in [5, 5.41) is 0. The summed E-state index contributed by atoms with van der Waals surface area (Å²) in [6.45, 7) is 4.59. The van der Waals surface area contributed by atoms with E-state index in [1.807, 2.05) is 6.20 Å². The minimum Gasteiger partial charge on any atom is -0.370 e. The second-order valence-corrected chi connectivity index (χ2v) is 5.70. The van der Waals surface area contributed by atoms with Crippen molar-refractivity contribution in [1.29, 1.82) is 0 Å². The van der Waals surface area contributed by atoms with E-state index in [9.17, 15) is 0 Å². The van der Waals surface area contributed by atoms with Gasteiger partial charge in [0, 0.05) is 18.8 Å². The van der Waals surface area contributed by atoms with Crippen LogP contribution in [0.4, 0.5) is 5.69 Å². The fourth-order valence-electron chi connectivity index (χ4n) is 3.09. The molecular weight excluding hydrogens is 220 g/mol. The molecule has 2 rings (SSSR count). The van der Waals surface area contributed by atoms with Crippen LogP contribution in [-0.2, 0) is 6.42 Å². The second-order valence-electron chi connectivity index (χ2n) is 5.70. The van der Waals surface area contributed by atoms with Crippen molar-refractivity contribution in [2.75, 3.05) is 11.9 Å². The minimum absolute atomic E-state index is 0.692. The summed E-state index contributed by atoms with van der Waals surface area (Å²) in [5.74, 6) is 0.805. The summed E-state index contributed by atoms with van der Waals surface area (Å²) in [7, 11) is 2.23. The van der Waals surface area contributed by atoms with E-state index in [-0.39, 0.29) is 0 Å². The molecule has 0 saturated heterocycles.